The molecule has 4 heterocycles. The van der Waals surface area contributed by atoms with Crippen LogP contribution >= 0.6 is 0 Å². The van der Waals surface area contributed by atoms with E-state index in [1.54, 1.807) is 19.2 Å². The van der Waals surface area contributed by atoms with Crippen molar-refractivity contribution in [2.75, 3.05) is 25.5 Å². The predicted molar refractivity (Wildman–Crippen MR) is 175 cm³/mol. The smallest absolute Gasteiger partial charge is 0.316 e. The number of hydrogen-bond acceptors (Lipinski definition) is 6. The summed E-state index contributed by atoms with van der Waals surface area (Å²) in [7, 11) is 3.50. The van der Waals surface area contributed by atoms with Gasteiger partial charge in [0.2, 0.25) is 0 Å². The fraction of sp³-hybridized carbons (Fsp3) is 0.353. The van der Waals surface area contributed by atoms with Crippen molar-refractivity contribution in [3.8, 4) is 28.5 Å². The van der Waals surface area contributed by atoms with Crippen LogP contribution < -0.4 is 21.5 Å². The Morgan fingerprint density at radius 1 is 1.11 bits per heavy atom. The number of carbonyl (C=O) groups excluding carboxylic acids is 2. The molecular weight excluding hydrogens is 587 g/mol. The number of pyridine rings is 1. The van der Waals surface area contributed by atoms with Gasteiger partial charge in [-0.25, -0.2) is 19.2 Å². The number of fused-ring (bicyclic) bond motifs is 2. The molecule has 1 saturated carbocycles. The number of urea groups is 1. The number of primary amides is 1. The first-order valence-electron chi connectivity index (χ1n) is 15.5. The molecule has 5 aromatic rings. The number of alkyl halides is 1. The van der Waals surface area contributed by atoms with E-state index in [0.717, 1.165) is 58.5 Å². The highest BCUT2D eigenvalue weighted by molar-refractivity contribution is 6.00. The van der Waals surface area contributed by atoms with Crippen molar-refractivity contribution >= 4 is 39.7 Å². The van der Waals surface area contributed by atoms with Crippen LogP contribution in [0.1, 0.15) is 35.2 Å². The van der Waals surface area contributed by atoms with Gasteiger partial charge in [-0.1, -0.05) is 12.1 Å². The first kappa shape index (κ1) is 29.7. The van der Waals surface area contributed by atoms with Crippen LogP contribution in [0.5, 0.6) is 5.75 Å². The molecular formula is C34H37FN8O3. The number of carbonyl (C=O) groups is 2. The zero-order chi connectivity index (χ0) is 32.3. The Kier molecular flexibility index (Phi) is 7.39. The molecule has 3 amide bonds. The monoisotopic (exact) mass is 624 g/mol. The lowest BCUT2D eigenvalue weighted by atomic mass is 10.0. The number of rotatable bonds is 7. The van der Waals surface area contributed by atoms with Crippen molar-refractivity contribution in [2.24, 2.45) is 24.4 Å². The Hall–Kier alpha value is -4.97. The summed E-state index contributed by atoms with van der Waals surface area (Å²) < 4.78 is 24.3. The number of methoxy groups -OCH3 is 1. The van der Waals surface area contributed by atoms with Crippen LogP contribution in [-0.2, 0) is 13.6 Å². The number of halogens is 1. The number of hydrogen-bond donors (Lipinski definition) is 3. The van der Waals surface area contributed by atoms with Gasteiger partial charge in [0.1, 0.15) is 23.1 Å². The van der Waals surface area contributed by atoms with Gasteiger partial charge in [0.25, 0.3) is 5.91 Å². The van der Waals surface area contributed by atoms with Crippen LogP contribution in [0.3, 0.4) is 0 Å². The molecule has 2 aliphatic rings. The third kappa shape index (κ3) is 5.32. The minimum Gasteiger partial charge on any atom is -0.494 e. The quantitative estimate of drug-likeness (QED) is 0.233. The van der Waals surface area contributed by atoms with Crippen molar-refractivity contribution < 1.29 is 18.7 Å². The molecule has 1 aliphatic carbocycles. The number of imidazole rings is 1. The second-order valence-corrected chi connectivity index (χ2v) is 12.5. The van der Waals surface area contributed by atoms with E-state index in [1.807, 2.05) is 42.8 Å². The van der Waals surface area contributed by atoms with Crippen LogP contribution in [0.25, 0.3) is 44.8 Å². The molecule has 0 spiro atoms. The van der Waals surface area contributed by atoms with Gasteiger partial charge in [-0.15, -0.1) is 0 Å². The fourth-order valence-corrected chi connectivity index (χ4v) is 6.63. The van der Waals surface area contributed by atoms with Crippen molar-refractivity contribution in [3.05, 3.63) is 59.7 Å². The number of nitrogens with zero attached hydrogens (tertiary/aromatic N) is 5. The molecule has 7 rings (SSSR count). The van der Waals surface area contributed by atoms with Crippen molar-refractivity contribution in [2.45, 2.75) is 44.9 Å². The number of aromatic nitrogens is 4. The Labute approximate surface area is 265 Å². The molecule has 3 aromatic heterocycles. The van der Waals surface area contributed by atoms with Crippen LogP contribution in [0, 0.1) is 12.8 Å². The Bertz CT molecular complexity index is 2000. The second-order valence-electron chi connectivity index (χ2n) is 12.5. The average molecular weight is 625 g/mol. The summed E-state index contributed by atoms with van der Waals surface area (Å²) in [6, 6.07) is 14.2. The van der Waals surface area contributed by atoms with Gasteiger partial charge in [0, 0.05) is 48.4 Å². The van der Waals surface area contributed by atoms with E-state index in [9.17, 15) is 14.0 Å². The Balaban J connectivity index is 1.33. The van der Waals surface area contributed by atoms with Crippen LogP contribution in [0.2, 0.25) is 0 Å². The number of amides is 3. The summed E-state index contributed by atoms with van der Waals surface area (Å²) in [6.07, 6.45) is 1.40. The highest BCUT2D eigenvalue weighted by Gasteiger charge is 2.31. The van der Waals surface area contributed by atoms with E-state index >= 15 is 0 Å². The van der Waals surface area contributed by atoms with Crippen LogP contribution in [-0.4, -0.2) is 68.4 Å². The normalized spacial score (nSPS) is 18.3. The molecule has 0 bridgehead atoms. The lowest BCUT2D eigenvalue weighted by molar-refractivity contribution is 0.0606. The van der Waals surface area contributed by atoms with Gasteiger partial charge in [0.05, 0.1) is 30.6 Å². The minimum absolute atomic E-state index is 0.0160. The van der Waals surface area contributed by atoms with E-state index in [2.05, 4.69) is 22.0 Å². The highest BCUT2D eigenvalue weighted by atomic mass is 19.1. The molecule has 46 heavy (non-hydrogen) atoms. The number of aryl methyl sites for hydroxylation is 1. The van der Waals surface area contributed by atoms with Gasteiger partial charge in [-0.3, -0.25) is 4.79 Å². The zero-order valence-electron chi connectivity index (χ0n) is 26.1. The topological polar surface area (TPSA) is 146 Å². The summed E-state index contributed by atoms with van der Waals surface area (Å²) in [5.74, 6) is 1.47. The van der Waals surface area contributed by atoms with Gasteiger partial charge < -0.3 is 35.6 Å². The van der Waals surface area contributed by atoms with E-state index < -0.39 is 18.2 Å². The number of likely N-dealkylation sites (tertiary alicyclic amines) is 1. The number of nitrogens with one attached hydrogen (secondary N) is 1. The van der Waals surface area contributed by atoms with Gasteiger partial charge in [0.15, 0.2) is 5.82 Å². The first-order valence-corrected chi connectivity index (χ1v) is 15.5. The maximum atomic E-state index is 14.3. The Morgan fingerprint density at radius 2 is 1.91 bits per heavy atom. The molecule has 1 aliphatic heterocycles. The average Bonchev–Trinajstić information content (AvgIpc) is 3.69. The summed E-state index contributed by atoms with van der Waals surface area (Å²) in [4.78, 5) is 36.7. The van der Waals surface area contributed by atoms with E-state index in [4.69, 9.17) is 26.2 Å². The van der Waals surface area contributed by atoms with Crippen molar-refractivity contribution in [1.29, 1.82) is 0 Å². The number of piperidine rings is 1. The molecule has 2 aromatic carbocycles. The van der Waals surface area contributed by atoms with Crippen LogP contribution in [0.15, 0.2) is 48.5 Å². The fourth-order valence-electron chi connectivity index (χ4n) is 6.63. The van der Waals surface area contributed by atoms with Gasteiger partial charge in [-0.05, 0) is 74.1 Å². The molecule has 11 nitrogen and oxygen atoms in total. The lowest BCUT2D eigenvalue weighted by Crippen LogP contribution is -2.50. The third-order valence-electron chi connectivity index (χ3n) is 9.10. The molecule has 0 unspecified atom stereocenters. The van der Waals surface area contributed by atoms with Gasteiger partial charge >= 0.3 is 6.03 Å². The second kappa shape index (κ2) is 11.4. The summed E-state index contributed by atoms with van der Waals surface area (Å²) in [5, 5.41) is 3.66. The lowest BCUT2D eigenvalue weighted by Gasteiger charge is -2.33. The largest absolute Gasteiger partial charge is 0.494 e. The maximum absolute atomic E-state index is 14.3. The zero-order valence-corrected chi connectivity index (χ0v) is 26.1. The molecule has 1 saturated heterocycles. The van der Waals surface area contributed by atoms with Crippen LogP contribution in [0.4, 0.5) is 14.9 Å². The third-order valence-corrected chi connectivity index (χ3v) is 9.10. The number of ether oxygens (including phenoxy) is 1. The minimum atomic E-state index is -1.15. The maximum Gasteiger partial charge on any atom is 0.316 e. The molecule has 0 radical (unpaired) electrons. The van der Waals surface area contributed by atoms with E-state index in [1.165, 1.54) is 4.90 Å². The van der Waals surface area contributed by atoms with Crippen molar-refractivity contribution in [1.82, 2.24) is 24.0 Å². The molecule has 2 fully saturated rings. The molecule has 238 valence electrons. The molecule has 12 heteroatoms. The van der Waals surface area contributed by atoms with E-state index in [-0.39, 0.29) is 18.9 Å². The molecule has 2 atom stereocenters. The number of nitrogens with two attached hydrogens (primary N) is 2. The number of anilines is 1. The summed E-state index contributed by atoms with van der Waals surface area (Å²) in [5.41, 5.74) is 18.1. The summed E-state index contributed by atoms with van der Waals surface area (Å²) in [6.45, 7) is 3.04. The standard InChI is InChI=1S/C34H37FN8O3/c1-18-24(5-4-6-25(18)40-34(37)45)26-10-9-20-12-28(43(31(20)38-26)15-19-7-8-19)32-39-27-11-21(13-29(46-3)30(27)41(32)2)33(44)42-16-22(35)14-23(36)17-42/h4-6,9-13,19,22-23H,7-8,14-17,36H2,1-3H3,(H3,37,40,45)/t22-,23-/m1/s1. The number of benzene rings is 2. The molecule has 5 N–H and O–H groups in total. The SMILES string of the molecule is COc1cc(C(=O)N2C[C@H](N)C[C@@H](F)C2)cc2nc(-c3cc4ccc(-c5cccc(NC(N)=O)c5C)nc4n3CC3CC3)n(C)c12. The predicted octanol–water partition coefficient (Wildman–Crippen LogP) is 4.99. The van der Waals surface area contributed by atoms with E-state index in [0.29, 0.717) is 40.8 Å². The van der Waals surface area contributed by atoms with Gasteiger partial charge in [-0.2, -0.15) is 0 Å². The highest BCUT2D eigenvalue weighted by Crippen LogP contribution is 2.38. The summed E-state index contributed by atoms with van der Waals surface area (Å²) >= 11 is 0. The van der Waals surface area contributed by atoms with Crippen molar-refractivity contribution in [3.63, 3.8) is 0 Å². The Morgan fingerprint density at radius 3 is 2.63 bits per heavy atom. The first-order chi connectivity index (χ1) is 22.1.